The summed E-state index contributed by atoms with van der Waals surface area (Å²) in [7, 11) is 0. The van der Waals surface area contributed by atoms with Crippen molar-refractivity contribution in [2.45, 2.75) is 43.6 Å². The molecule has 2 aromatic rings. The monoisotopic (exact) mass is 286 g/mol. The van der Waals surface area contributed by atoms with Crippen molar-refractivity contribution >= 4 is 28.5 Å². The van der Waals surface area contributed by atoms with Gasteiger partial charge in [-0.2, -0.15) is 11.8 Å². The highest BCUT2D eigenvalue weighted by Crippen LogP contribution is 2.34. The second kappa shape index (κ2) is 6.04. The lowest BCUT2D eigenvalue weighted by atomic mass is 9.91. The number of rotatable bonds is 3. The highest BCUT2D eigenvalue weighted by Gasteiger charge is 2.19. The van der Waals surface area contributed by atoms with E-state index in [0.29, 0.717) is 5.82 Å². The number of nitrogen functional groups attached to an aromatic ring is 1. The smallest absolute Gasteiger partial charge is 0.128 e. The predicted molar refractivity (Wildman–Crippen MR) is 88.9 cm³/mol. The first-order chi connectivity index (χ1) is 9.72. The molecule has 0 bridgehead atoms. The SMILES string of the molecule is CC1CCCC(SCc2cc3ccccc3nc2N)C1. The number of thioether (sulfide) groups is 1. The van der Waals surface area contributed by atoms with Gasteiger partial charge in [-0.1, -0.05) is 38.0 Å². The molecule has 0 amide bonds. The van der Waals surface area contributed by atoms with Crippen LogP contribution >= 0.6 is 11.8 Å². The summed E-state index contributed by atoms with van der Waals surface area (Å²) >= 11 is 2.06. The normalized spacial score (nSPS) is 23.1. The van der Waals surface area contributed by atoms with E-state index < -0.39 is 0 Å². The van der Waals surface area contributed by atoms with E-state index in [0.717, 1.165) is 22.4 Å². The molecular weight excluding hydrogens is 264 g/mol. The fraction of sp³-hybridized carbons (Fsp3) is 0.471. The van der Waals surface area contributed by atoms with E-state index >= 15 is 0 Å². The molecule has 1 fully saturated rings. The fourth-order valence-corrected chi connectivity index (χ4v) is 4.47. The molecule has 1 heterocycles. The van der Waals surface area contributed by atoms with Gasteiger partial charge in [-0.3, -0.25) is 0 Å². The Morgan fingerprint density at radius 1 is 1.30 bits per heavy atom. The van der Waals surface area contributed by atoms with Crippen molar-refractivity contribution in [3.63, 3.8) is 0 Å². The van der Waals surface area contributed by atoms with Crippen molar-refractivity contribution in [3.8, 4) is 0 Å². The molecule has 2 N–H and O–H groups in total. The van der Waals surface area contributed by atoms with Crippen LogP contribution in [0.25, 0.3) is 10.9 Å². The van der Waals surface area contributed by atoms with Crippen LogP contribution in [0.4, 0.5) is 5.82 Å². The largest absolute Gasteiger partial charge is 0.383 e. The summed E-state index contributed by atoms with van der Waals surface area (Å²) in [5.41, 5.74) is 8.28. The van der Waals surface area contributed by atoms with Crippen molar-refractivity contribution in [3.05, 3.63) is 35.9 Å². The van der Waals surface area contributed by atoms with Crippen LogP contribution in [0.1, 0.15) is 38.2 Å². The minimum atomic E-state index is 0.694. The van der Waals surface area contributed by atoms with Gasteiger partial charge in [-0.25, -0.2) is 4.98 Å². The molecule has 2 unspecified atom stereocenters. The van der Waals surface area contributed by atoms with E-state index in [2.05, 4.69) is 41.9 Å². The van der Waals surface area contributed by atoms with Crippen molar-refractivity contribution in [1.82, 2.24) is 4.98 Å². The van der Waals surface area contributed by atoms with Gasteiger partial charge in [0.2, 0.25) is 0 Å². The summed E-state index contributed by atoms with van der Waals surface area (Å²) in [5.74, 6) is 2.56. The Labute approximate surface area is 125 Å². The summed E-state index contributed by atoms with van der Waals surface area (Å²) < 4.78 is 0. The second-order valence-corrected chi connectivity index (χ2v) is 7.22. The van der Waals surface area contributed by atoms with Gasteiger partial charge >= 0.3 is 0 Å². The zero-order valence-corrected chi connectivity index (χ0v) is 12.8. The standard InChI is InChI=1S/C17H22N2S/c1-12-5-4-7-15(9-12)20-11-14-10-13-6-2-3-8-16(13)19-17(14)18/h2-3,6,8,10,12,15H,4-5,7,9,11H2,1H3,(H2,18,19). The zero-order valence-electron chi connectivity index (χ0n) is 12.0. The Bertz CT molecular complexity index is 597. The first-order valence-electron chi connectivity index (χ1n) is 7.48. The van der Waals surface area contributed by atoms with Gasteiger partial charge in [0.15, 0.2) is 0 Å². The Hall–Kier alpha value is -1.22. The van der Waals surface area contributed by atoms with Crippen LogP contribution in [0.2, 0.25) is 0 Å². The average Bonchev–Trinajstić information content (AvgIpc) is 2.45. The van der Waals surface area contributed by atoms with Gasteiger partial charge in [0.25, 0.3) is 0 Å². The van der Waals surface area contributed by atoms with Gasteiger partial charge in [0.05, 0.1) is 5.52 Å². The summed E-state index contributed by atoms with van der Waals surface area (Å²) in [4.78, 5) is 4.52. The Morgan fingerprint density at radius 3 is 3.00 bits per heavy atom. The van der Waals surface area contributed by atoms with Gasteiger partial charge in [0.1, 0.15) is 5.82 Å². The van der Waals surface area contributed by atoms with Crippen LogP contribution in [0.5, 0.6) is 0 Å². The van der Waals surface area contributed by atoms with Crippen molar-refractivity contribution < 1.29 is 0 Å². The van der Waals surface area contributed by atoms with Crippen molar-refractivity contribution in [2.24, 2.45) is 5.92 Å². The number of benzene rings is 1. The molecule has 1 aliphatic carbocycles. The number of pyridine rings is 1. The molecule has 2 atom stereocenters. The lowest BCUT2D eigenvalue weighted by Gasteiger charge is -2.26. The molecule has 20 heavy (non-hydrogen) atoms. The molecule has 0 spiro atoms. The molecule has 3 heteroatoms. The van der Waals surface area contributed by atoms with Crippen LogP contribution < -0.4 is 5.73 Å². The minimum Gasteiger partial charge on any atom is -0.383 e. The summed E-state index contributed by atoms with van der Waals surface area (Å²) in [6.07, 6.45) is 5.49. The molecule has 1 aliphatic rings. The van der Waals surface area contributed by atoms with Gasteiger partial charge < -0.3 is 5.73 Å². The number of nitrogens with two attached hydrogens (primary N) is 1. The van der Waals surface area contributed by atoms with Crippen LogP contribution in [-0.2, 0) is 5.75 Å². The van der Waals surface area contributed by atoms with Crippen LogP contribution in [-0.4, -0.2) is 10.2 Å². The van der Waals surface area contributed by atoms with E-state index in [-0.39, 0.29) is 0 Å². The number of nitrogens with zero attached hydrogens (tertiary/aromatic N) is 1. The van der Waals surface area contributed by atoms with E-state index in [1.54, 1.807) is 0 Å². The second-order valence-electron chi connectivity index (χ2n) is 5.93. The molecular formula is C17H22N2S. The van der Waals surface area contributed by atoms with Gasteiger partial charge in [-0.05, 0) is 30.9 Å². The molecule has 1 aromatic carbocycles. The third-order valence-electron chi connectivity index (χ3n) is 4.20. The summed E-state index contributed by atoms with van der Waals surface area (Å²) in [5, 5.41) is 1.99. The van der Waals surface area contributed by atoms with Crippen LogP contribution in [0, 0.1) is 5.92 Å². The topological polar surface area (TPSA) is 38.9 Å². The third-order valence-corrected chi connectivity index (χ3v) is 5.58. The van der Waals surface area contributed by atoms with E-state index in [9.17, 15) is 0 Å². The molecule has 0 radical (unpaired) electrons. The predicted octanol–water partition coefficient (Wildman–Crippen LogP) is 4.63. The molecule has 1 aromatic heterocycles. The van der Waals surface area contributed by atoms with Gasteiger partial charge in [-0.15, -0.1) is 0 Å². The number of anilines is 1. The van der Waals surface area contributed by atoms with Crippen LogP contribution in [0.3, 0.4) is 0 Å². The molecule has 2 nitrogen and oxygen atoms in total. The molecule has 0 saturated heterocycles. The number of aromatic nitrogens is 1. The Kier molecular flexibility index (Phi) is 4.16. The third kappa shape index (κ3) is 3.09. The quantitative estimate of drug-likeness (QED) is 0.894. The first-order valence-corrected chi connectivity index (χ1v) is 8.53. The number of fused-ring (bicyclic) bond motifs is 1. The van der Waals surface area contributed by atoms with Crippen LogP contribution in [0.15, 0.2) is 30.3 Å². The van der Waals surface area contributed by atoms with Crippen molar-refractivity contribution in [1.29, 1.82) is 0 Å². The van der Waals surface area contributed by atoms with E-state index in [1.165, 1.54) is 36.6 Å². The maximum Gasteiger partial charge on any atom is 0.128 e. The number of para-hydroxylation sites is 1. The molecule has 106 valence electrons. The Balaban J connectivity index is 1.72. The lowest BCUT2D eigenvalue weighted by molar-refractivity contribution is 0.394. The maximum atomic E-state index is 6.11. The zero-order chi connectivity index (χ0) is 13.9. The number of hydrogen-bond donors (Lipinski definition) is 1. The summed E-state index contributed by atoms with van der Waals surface area (Å²) in [6.45, 7) is 2.37. The Morgan fingerprint density at radius 2 is 2.15 bits per heavy atom. The van der Waals surface area contributed by atoms with Crippen molar-refractivity contribution in [2.75, 3.05) is 5.73 Å². The average molecular weight is 286 g/mol. The van der Waals surface area contributed by atoms with E-state index in [4.69, 9.17) is 5.73 Å². The molecule has 0 aliphatic heterocycles. The highest BCUT2D eigenvalue weighted by atomic mass is 32.2. The highest BCUT2D eigenvalue weighted by molar-refractivity contribution is 7.99. The first kappa shape index (κ1) is 13.7. The fourth-order valence-electron chi connectivity index (χ4n) is 3.03. The molecule has 1 saturated carbocycles. The summed E-state index contributed by atoms with van der Waals surface area (Å²) in [6, 6.07) is 10.4. The number of hydrogen-bond acceptors (Lipinski definition) is 3. The lowest BCUT2D eigenvalue weighted by Crippen LogP contribution is -2.15. The minimum absolute atomic E-state index is 0.694. The van der Waals surface area contributed by atoms with E-state index in [1.807, 2.05) is 12.1 Å². The maximum absolute atomic E-state index is 6.11. The van der Waals surface area contributed by atoms with Gasteiger partial charge in [0, 0.05) is 22.0 Å². The molecule has 3 rings (SSSR count).